The molecule has 2 nitrogen and oxygen atoms in total. The summed E-state index contributed by atoms with van der Waals surface area (Å²) in [4.78, 5) is 0. The molecule has 0 N–H and O–H groups in total. The van der Waals surface area contributed by atoms with Gasteiger partial charge in [0.05, 0.1) is 22.1 Å². The molecule has 0 aliphatic rings. The third kappa shape index (κ3) is 5.10. The highest BCUT2D eigenvalue weighted by molar-refractivity contribution is 7.26. The predicted octanol–water partition coefficient (Wildman–Crippen LogP) is 15.6. The summed E-state index contributed by atoms with van der Waals surface area (Å²) in [7, 11) is 0. The molecular formula is C55H36N2S. The van der Waals surface area contributed by atoms with Gasteiger partial charge in [-0.1, -0.05) is 127 Å². The summed E-state index contributed by atoms with van der Waals surface area (Å²) >= 11 is 1.89. The van der Waals surface area contributed by atoms with Crippen LogP contribution in [0.1, 0.15) is 5.56 Å². The Bertz CT molecular complexity index is 3570. The van der Waals surface area contributed by atoms with E-state index in [1.807, 2.05) is 11.3 Å². The fraction of sp³-hybridized carbons (Fsp3) is 0.0182. The van der Waals surface area contributed by atoms with E-state index < -0.39 is 0 Å². The third-order valence-electron chi connectivity index (χ3n) is 11.9. The minimum absolute atomic E-state index is 1.16. The average Bonchev–Trinajstić information content (AvgIpc) is 3.94. The van der Waals surface area contributed by atoms with E-state index in [4.69, 9.17) is 0 Å². The number of thiophene rings is 1. The number of aromatic nitrogens is 2. The summed E-state index contributed by atoms with van der Waals surface area (Å²) in [5.41, 5.74) is 15.8. The first-order valence-electron chi connectivity index (χ1n) is 19.9. The van der Waals surface area contributed by atoms with Crippen LogP contribution in [0.3, 0.4) is 0 Å². The molecule has 0 saturated heterocycles. The maximum atomic E-state index is 2.44. The van der Waals surface area contributed by atoms with Gasteiger partial charge >= 0.3 is 0 Å². The van der Waals surface area contributed by atoms with Crippen LogP contribution in [-0.4, -0.2) is 9.13 Å². The summed E-state index contributed by atoms with van der Waals surface area (Å²) in [6.45, 7) is 2.21. The first-order chi connectivity index (χ1) is 28.7. The highest BCUT2D eigenvalue weighted by Crippen LogP contribution is 2.43. The number of hydrogen-bond donors (Lipinski definition) is 0. The van der Waals surface area contributed by atoms with Crippen molar-refractivity contribution >= 4 is 75.1 Å². The summed E-state index contributed by atoms with van der Waals surface area (Å²) < 4.78 is 7.48. The Morgan fingerprint density at radius 1 is 0.328 bits per heavy atom. The molecule has 0 fully saturated rings. The van der Waals surface area contributed by atoms with Gasteiger partial charge in [-0.3, -0.25) is 0 Å². The molecule has 12 rings (SSSR count). The Labute approximate surface area is 340 Å². The van der Waals surface area contributed by atoms with Crippen molar-refractivity contribution < 1.29 is 0 Å². The van der Waals surface area contributed by atoms with Crippen molar-refractivity contribution in [3.63, 3.8) is 0 Å². The maximum absolute atomic E-state index is 2.44. The van der Waals surface area contributed by atoms with E-state index >= 15 is 0 Å². The minimum Gasteiger partial charge on any atom is -0.309 e. The van der Waals surface area contributed by atoms with E-state index in [2.05, 4.69) is 216 Å². The van der Waals surface area contributed by atoms with Crippen LogP contribution in [0.4, 0.5) is 0 Å². The molecule has 0 amide bonds. The SMILES string of the molecule is Cc1cc(-c2ccc3c(c2)c2ccccc2n3-c2ccccc2)cc(-c2ccc3c(c2)c2ccc(-c4cccc5c4sc4ccccc45)cc2n3-c2ccccc2)c1. The van der Waals surface area contributed by atoms with Crippen molar-refractivity contribution in [3.8, 4) is 44.8 Å². The number of aryl methyl sites for hydroxylation is 1. The molecule has 0 saturated carbocycles. The van der Waals surface area contributed by atoms with E-state index in [1.54, 1.807) is 0 Å². The molecule has 9 aromatic carbocycles. The number of fused-ring (bicyclic) bond motifs is 9. The van der Waals surface area contributed by atoms with Crippen LogP contribution >= 0.6 is 11.3 Å². The van der Waals surface area contributed by atoms with Gasteiger partial charge < -0.3 is 9.13 Å². The third-order valence-corrected chi connectivity index (χ3v) is 13.1. The molecule has 0 atom stereocenters. The van der Waals surface area contributed by atoms with Crippen LogP contribution in [0.2, 0.25) is 0 Å². The minimum atomic E-state index is 1.16. The Kier molecular flexibility index (Phi) is 7.35. The Morgan fingerprint density at radius 2 is 0.862 bits per heavy atom. The summed E-state index contributed by atoms with van der Waals surface area (Å²) in [5, 5.41) is 7.68. The molecule has 3 heterocycles. The van der Waals surface area contributed by atoms with Crippen molar-refractivity contribution in [2.45, 2.75) is 6.92 Å². The van der Waals surface area contributed by atoms with E-state index in [0.29, 0.717) is 0 Å². The number of hydrogen-bond acceptors (Lipinski definition) is 1. The van der Waals surface area contributed by atoms with Gasteiger partial charge in [0.1, 0.15) is 0 Å². The molecule has 0 aliphatic heterocycles. The molecule has 0 bridgehead atoms. The first kappa shape index (κ1) is 33.0. The number of nitrogens with zero attached hydrogens (tertiary/aromatic N) is 2. The zero-order valence-electron chi connectivity index (χ0n) is 31.9. The second-order valence-corrected chi connectivity index (χ2v) is 16.5. The lowest BCUT2D eigenvalue weighted by atomic mass is 9.95. The average molecular weight is 757 g/mol. The van der Waals surface area contributed by atoms with E-state index in [-0.39, 0.29) is 0 Å². The number of rotatable bonds is 5. The zero-order chi connectivity index (χ0) is 38.3. The van der Waals surface area contributed by atoms with Crippen LogP contribution in [0.5, 0.6) is 0 Å². The Balaban J connectivity index is 1.01. The molecule has 12 aromatic rings. The fourth-order valence-corrected chi connectivity index (χ4v) is 10.6. The van der Waals surface area contributed by atoms with Crippen molar-refractivity contribution in [2.24, 2.45) is 0 Å². The molecule has 272 valence electrons. The van der Waals surface area contributed by atoms with Gasteiger partial charge in [0, 0.05) is 53.1 Å². The van der Waals surface area contributed by atoms with Gasteiger partial charge in [-0.05, 0) is 119 Å². The van der Waals surface area contributed by atoms with Gasteiger partial charge in [-0.25, -0.2) is 0 Å². The normalized spacial score (nSPS) is 11.9. The second-order valence-electron chi connectivity index (χ2n) is 15.4. The van der Waals surface area contributed by atoms with E-state index in [0.717, 1.165) is 5.69 Å². The molecule has 0 unspecified atom stereocenters. The van der Waals surface area contributed by atoms with Crippen LogP contribution in [0, 0.1) is 6.92 Å². The van der Waals surface area contributed by atoms with Gasteiger partial charge in [-0.2, -0.15) is 0 Å². The molecule has 3 aromatic heterocycles. The highest BCUT2D eigenvalue weighted by atomic mass is 32.1. The summed E-state index contributed by atoms with van der Waals surface area (Å²) in [6, 6.07) is 73.8. The molecular weight excluding hydrogens is 721 g/mol. The highest BCUT2D eigenvalue weighted by Gasteiger charge is 2.18. The van der Waals surface area contributed by atoms with Crippen molar-refractivity contribution in [2.75, 3.05) is 0 Å². The van der Waals surface area contributed by atoms with Crippen LogP contribution in [0.15, 0.2) is 200 Å². The lowest BCUT2D eigenvalue weighted by Gasteiger charge is -2.11. The van der Waals surface area contributed by atoms with Crippen LogP contribution in [0.25, 0.3) is 109 Å². The van der Waals surface area contributed by atoms with Crippen LogP contribution in [-0.2, 0) is 0 Å². The smallest absolute Gasteiger partial charge is 0.0547 e. The predicted molar refractivity (Wildman–Crippen MR) is 249 cm³/mol. The topological polar surface area (TPSA) is 9.86 Å². The molecule has 0 spiro atoms. The monoisotopic (exact) mass is 756 g/mol. The van der Waals surface area contributed by atoms with Gasteiger partial charge in [0.25, 0.3) is 0 Å². The van der Waals surface area contributed by atoms with Gasteiger partial charge in [0.2, 0.25) is 0 Å². The Hall–Kier alpha value is -7.20. The van der Waals surface area contributed by atoms with Gasteiger partial charge in [-0.15, -0.1) is 11.3 Å². The van der Waals surface area contributed by atoms with Crippen molar-refractivity contribution in [1.82, 2.24) is 9.13 Å². The second kappa shape index (κ2) is 12.9. The fourth-order valence-electron chi connectivity index (χ4n) is 9.32. The Morgan fingerprint density at radius 3 is 1.55 bits per heavy atom. The standard InChI is InChI=1S/C55H36N2S/c1-35-29-39(36-24-27-51-48(32-36)44-17-8-10-21-50(44)56(51)41-13-4-2-5-14-41)31-40(30-35)37-25-28-52-49(33-37)45-26-23-38(34-53(45)57(52)42-15-6-3-7-16-42)43-19-12-20-47-46-18-9-11-22-54(46)58-55(43)47/h2-34H,1H3. The quantitative estimate of drug-likeness (QED) is 0.166. The first-order valence-corrected chi connectivity index (χ1v) is 20.7. The van der Waals surface area contributed by atoms with E-state index in [9.17, 15) is 0 Å². The maximum Gasteiger partial charge on any atom is 0.0547 e. The molecule has 0 radical (unpaired) electrons. The number of para-hydroxylation sites is 3. The van der Waals surface area contributed by atoms with Gasteiger partial charge in [0.15, 0.2) is 0 Å². The lowest BCUT2D eigenvalue weighted by Crippen LogP contribution is -1.93. The zero-order valence-corrected chi connectivity index (χ0v) is 32.7. The summed E-state index contributed by atoms with van der Waals surface area (Å²) in [6.07, 6.45) is 0. The summed E-state index contributed by atoms with van der Waals surface area (Å²) in [5.74, 6) is 0. The molecule has 3 heteroatoms. The van der Waals surface area contributed by atoms with Crippen molar-refractivity contribution in [3.05, 3.63) is 206 Å². The molecule has 58 heavy (non-hydrogen) atoms. The largest absolute Gasteiger partial charge is 0.309 e. The molecule has 0 aliphatic carbocycles. The van der Waals surface area contributed by atoms with E-state index in [1.165, 1.54) is 108 Å². The lowest BCUT2D eigenvalue weighted by molar-refractivity contribution is 1.18. The number of benzene rings is 9. The van der Waals surface area contributed by atoms with Crippen molar-refractivity contribution in [1.29, 1.82) is 0 Å². The van der Waals surface area contributed by atoms with Crippen LogP contribution < -0.4 is 0 Å².